The highest BCUT2D eigenvalue weighted by Crippen LogP contribution is 1.91. The first-order valence-corrected chi connectivity index (χ1v) is 5.23. The van der Waals surface area contributed by atoms with Gasteiger partial charge in [0.05, 0.1) is 13.2 Å². The summed E-state index contributed by atoms with van der Waals surface area (Å²) in [7, 11) is 0. The van der Waals surface area contributed by atoms with Gasteiger partial charge in [-0.3, -0.25) is 4.79 Å². The van der Waals surface area contributed by atoms with Crippen molar-refractivity contribution in [3.8, 4) is 0 Å². The molecule has 0 aliphatic rings. The Labute approximate surface area is 99.3 Å². The lowest BCUT2D eigenvalue weighted by Crippen LogP contribution is -2.15. The summed E-state index contributed by atoms with van der Waals surface area (Å²) in [5, 5.41) is 0. The van der Waals surface area contributed by atoms with Crippen LogP contribution in [0.15, 0.2) is 12.2 Å². The molecule has 0 heterocycles. The topological polar surface area (TPSA) is 61.8 Å². The molecule has 92 valence electrons. The predicted octanol–water partition coefficient (Wildman–Crippen LogP) is 0.904. The smallest absolute Gasteiger partial charge is 0.333 e. The number of hydrogen-bond donors (Lipinski definition) is 0. The number of halogens is 1. The van der Waals surface area contributed by atoms with E-state index < -0.39 is 11.9 Å². The SMILES string of the molecule is C=C(C)C(=O)OCCOCCOC(=O)CCl. The molecule has 5 nitrogen and oxygen atoms in total. The molecule has 16 heavy (non-hydrogen) atoms. The second kappa shape index (κ2) is 9.18. The lowest BCUT2D eigenvalue weighted by Gasteiger charge is -2.06. The molecule has 0 spiro atoms. The summed E-state index contributed by atoms with van der Waals surface area (Å²) in [6.07, 6.45) is 0. The van der Waals surface area contributed by atoms with Gasteiger partial charge >= 0.3 is 11.9 Å². The van der Waals surface area contributed by atoms with Crippen LogP contribution in [-0.2, 0) is 23.8 Å². The molecule has 0 bridgehead atoms. The second-order valence-corrected chi connectivity index (χ2v) is 3.15. The third-order valence-electron chi connectivity index (χ3n) is 1.41. The van der Waals surface area contributed by atoms with Crippen molar-refractivity contribution in [1.29, 1.82) is 0 Å². The number of esters is 2. The number of carbonyl (C=O) groups is 2. The number of hydrogen-bond acceptors (Lipinski definition) is 5. The Morgan fingerprint density at radius 2 is 1.69 bits per heavy atom. The first-order valence-electron chi connectivity index (χ1n) is 4.70. The van der Waals surface area contributed by atoms with E-state index in [1.807, 2.05) is 0 Å². The Balaban J connectivity index is 3.25. The molecule has 6 heteroatoms. The molecule has 0 rings (SSSR count). The normalized spacial score (nSPS) is 9.62. The van der Waals surface area contributed by atoms with Crippen LogP contribution in [0.2, 0.25) is 0 Å². The Kier molecular flexibility index (Phi) is 8.56. The van der Waals surface area contributed by atoms with Gasteiger partial charge in [0.1, 0.15) is 19.1 Å². The highest BCUT2D eigenvalue weighted by atomic mass is 35.5. The van der Waals surface area contributed by atoms with Crippen LogP contribution in [0.1, 0.15) is 6.92 Å². The molecule has 0 fully saturated rings. The Morgan fingerprint density at radius 1 is 1.12 bits per heavy atom. The number of alkyl halides is 1. The van der Waals surface area contributed by atoms with E-state index in [4.69, 9.17) is 21.1 Å². The molecule has 0 amide bonds. The van der Waals surface area contributed by atoms with Gasteiger partial charge in [-0.25, -0.2) is 4.79 Å². The van der Waals surface area contributed by atoms with Crippen molar-refractivity contribution in [1.82, 2.24) is 0 Å². The van der Waals surface area contributed by atoms with Crippen molar-refractivity contribution in [3.63, 3.8) is 0 Å². The monoisotopic (exact) mass is 250 g/mol. The molecular formula is C10H15ClO5. The second-order valence-electron chi connectivity index (χ2n) is 2.88. The highest BCUT2D eigenvalue weighted by Gasteiger charge is 2.02. The fraction of sp³-hybridized carbons (Fsp3) is 0.600. The van der Waals surface area contributed by atoms with Gasteiger partial charge in [0.25, 0.3) is 0 Å². The minimum Gasteiger partial charge on any atom is -0.462 e. The zero-order valence-electron chi connectivity index (χ0n) is 9.16. The van der Waals surface area contributed by atoms with Gasteiger partial charge in [0.15, 0.2) is 0 Å². The molecule has 0 aromatic rings. The van der Waals surface area contributed by atoms with Crippen LogP contribution in [0.5, 0.6) is 0 Å². The summed E-state index contributed by atoms with van der Waals surface area (Å²) in [6, 6.07) is 0. The molecule has 0 aliphatic heterocycles. The van der Waals surface area contributed by atoms with E-state index in [1.54, 1.807) is 6.92 Å². The molecule has 0 aliphatic carbocycles. The van der Waals surface area contributed by atoms with E-state index in [0.29, 0.717) is 5.57 Å². The van der Waals surface area contributed by atoms with Gasteiger partial charge in [-0.05, 0) is 6.92 Å². The van der Waals surface area contributed by atoms with Gasteiger partial charge in [-0.15, -0.1) is 11.6 Å². The van der Waals surface area contributed by atoms with Crippen LogP contribution >= 0.6 is 11.6 Å². The van der Waals surface area contributed by atoms with Crippen molar-refractivity contribution >= 4 is 23.5 Å². The minimum absolute atomic E-state index is 0.139. The van der Waals surface area contributed by atoms with Crippen LogP contribution in [0, 0.1) is 0 Å². The van der Waals surface area contributed by atoms with Crippen molar-refractivity contribution in [2.24, 2.45) is 0 Å². The van der Waals surface area contributed by atoms with E-state index in [-0.39, 0.29) is 32.3 Å². The van der Waals surface area contributed by atoms with Crippen molar-refractivity contribution in [2.45, 2.75) is 6.92 Å². The summed E-state index contributed by atoms with van der Waals surface area (Å²) < 4.78 is 14.4. The summed E-state index contributed by atoms with van der Waals surface area (Å²) in [5.74, 6) is -1.10. The standard InChI is InChI=1S/C10H15ClO5/c1-8(2)10(13)16-6-4-14-3-5-15-9(12)7-11/h1,3-7H2,2H3. The Morgan fingerprint density at radius 3 is 2.19 bits per heavy atom. The first kappa shape index (κ1) is 14.9. The first-order chi connectivity index (χ1) is 7.57. The molecule has 0 aromatic carbocycles. The average molecular weight is 251 g/mol. The van der Waals surface area contributed by atoms with Crippen LogP contribution in [-0.4, -0.2) is 44.2 Å². The van der Waals surface area contributed by atoms with Crippen molar-refractivity contribution in [2.75, 3.05) is 32.3 Å². The van der Waals surface area contributed by atoms with Gasteiger partial charge in [0.2, 0.25) is 0 Å². The summed E-state index contributed by atoms with van der Waals surface area (Å²) >= 11 is 5.20. The van der Waals surface area contributed by atoms with E-state index >= 15 is 0 Å². The summed E-state index contributed by atoms with van der Waals surface area (Å²) in [4.78, 5) is 21.5. The average Bonchev–Trinajstić information content (AvgIpc) is 2.26. The number of carbonyl (C=O) groups excluding carboxylic acids is 2. The summed E-state index contributed by atoms with van der Waals surface area (Å²) in [6.45, 7) is 5.77. The van der Waals surface area contributed by atoms with Crippen LogP contribution in [0.4, 0.5) is 0 Å². The van der Waals surface area contributed by atoms with E-state index in [1.165, 1.54) is 0 Å². The van der Waals surface area contributed by atoms with Crippen LogP contribution in [0.25, 0.3) is 0 Å². The molecule has 0 unspecified atom stereocenters. The maximum Gasteiger partial charge on any atom is 0.333 e. The zero-order chi connectivity index (χ0) is 12.4. The lowest BCUT2D eigenvalue weighted by molar-refractivity contribution is -0.142. The predicted molar refractivity (Wildman–Crippen MR) is 58.3 cm³/mol. The molecule has 0 radical (unpaired) electrons. The Hall–Kier alpha value is -1.07. The van der Waals surface area contributed by atoms with E-state index in [0.717, 1.165) is 0 Å². The quantitative estimate of drug-likeness (QED) is 0.277. The maximum atomic E-state index is 10.9. The molecule has 0 saturated heterocycles. The minimum atomic E-state index is -0.487. The van der Waals surface area contributed by atoms with Gasteiger partial charge in [-0.2, -0.15) is 0 Å². The van der Waals surface area contributed by atoms with Gasteiger partial charge in [0, 0.05) is 5.57 Å². The van der Waals surface area contributed by atoms with E-state index in [2.05, 4.69) is 11.3 Å². The largest absolute Gasteiger partial charge is 0.462 e. The lowest BCUT2D eigenvalue weighted by atomic mass is 10.4. The van der Waals surface area contributed by atoms with E-state index in [9.17, 15) is 9.59 Å². The van der Waals surface area contributed by atoms with Crippen molar-refractivity contribution in [3.05, 3.63) is 12.2 Å². The van der Waals surface area contributed by atoms with Crippen LogP contribution < -0.4 is 0 Å². The number of ether oxygens (including phenoxy) is 3. The fourth-order valence-corrected chi connectivity index (χ4v) is 0.749. The van der Waals surface area contributed by atoms with Gasteiger partial charge in [-0.1, -0.05) is 6.58 Å². The van der Waals surface area contributed by atoms with Crippen molar-refractivity contribution < 1.29 is 23.8 Å². The zero-order valence-corrected chi connectivity index (χ0v) is 9.92. The maximum absolute atomic E-state index is 10.9. The summed E-state index contributed by atoms with van der Waals surface area (Å²) in [5.41, 5.74) is 0.344. The molecular weight excluding hydrogens is 236 g/mol. The molecule has 0 aromatic heterocycles. The van der Waals surface area contributed by atoms with Gasteiger partial charge < -0.3 is 14.2 Å². The molecule has 0 saturated carbocycles. The number of rotatable bonds is 8. The van der Waals surface area contributed by atoms with Crippen LogP contribution in [0.3, 0.4) is 0 Å². The third-order valence-corrected chi connectivity index (χ3v) is 1.63. The molecule has 0 N–H and O–H groups in total. The molecule has 0 atom stereocenters. The highest BCUT2D eigenvalue weighted by molar-refractivity contribution is 6.26. The fourth-order valence-electron chi connectivity index (χ4n) is 0.672. The third kappa shape index (κ3) is 8.26. The Bertz CT molecular complexity index is 252.